The number of para-hydroxylation sites is 2. The maximum absolute atomic E-state index is 4.74. The monoisotopic (exact) mass is 236 g/mol. The Balaban J connectivity index is 2.28. The van der Waals surface area contributed by atoms with E-state index < -0.39 is 0 Å². The van der Waals surface area contributed by atoms with E-state index in [1.807, 2.05) is 6.07 Å². The largest absolute Gasteiger partial charge is 0.327 e. The summed E-state index contributed by atoms with van der Waals surface area (Å²) in [5.41, 5.74) is 5.99. The number of fused-ring (bicyclic) bond motifs is 1. The Bertz CT molecular complexity index is 723. The summed E-state index contributed by atoms with van der Waals surface area (Å²) in [5.74, 6) is 1.04. The summed E-state index contributed by atoms with van der Waals surface area (Å²) in [5, 5.41) is 0. The summed E-state index contributed by atoms with van der Waals surface area (Å²) in [4.78, 5) is 4.74. The van der Waals surface area contributed by atoms with Crippen molar-refractivity contribution in [3.8, 4) is 11.4 Å². The fraction of sp³-hybridized carbons (Fsp3) is 0.188. The van der Waals surface area contributed by atoms with E-state index in [0.717, 1.165) is 11.3 Å². The Labute approximate surface area is 107 Å². The Hall–Kier alpha value is -2.09. The Kier molecular flexibility index (Phi) is 2.44. The first kappa shape index (κ1) is 11.0. The Morgan fingerprint density at radius 1 is 1.00 bits per heavy atom. The molecule has 0 atom stereocenters. The smallest absolute Gasteiger partial charge is 0.141 e. The van der Waals surface area contributed by atoms with Gasteiger partial charge in [-0.1, -0.05) is 35.9 Å². The lowest BCUT2D eigenvalue weighted by atomic mass is 10.1. The second kappa shape index (κ2) is 3.98. The molecular weight excluding hydrogens is 220 g/mol. The third-order valence-corrected chi connectivity index (χ3v) is 3.41. The summed E-state index contributed by atoms with van der Waals surface area (Å²) < 4.78 is 2.16. The molecule has 90 valence electrons. The fourth-order valence-corrected chi connectivity index (χ4v) is 2.45. The van der Waals surface area contributed by atoms with Crippen LogP contribution in [0.2, 0.25) is 0 Å². The molecule has 0 unspecified atom stereocenters. The van der Waals surface area contributed by atoms with Gasteiger partial charge in [0.15, 0.2) is 0 Å². The quantitative estimate of drug-likeness (QED) is 0.627. The molecule has 1 heterocycles. The van der Waals surface area contributed by atoms with Crippen LogP contribution in [0.15, 0.2) is 42.5 Å². The molecule has 0 fully saturated rings. The number of hydrogen-bond acceptors (Lipinski definition) is 1. The van der Waals surface area contributed by atoms with Gasteiger partial charge in [0, 0.05) is 12.6 Å². The molecule has 2 nitrogen and oxygen atoms in total. The predicted octanol–water partition coefficient (Wildman–Crippen LogP) is 3.86. The molecule has 0 spiro atoms. The van der Waals surface area contributed by atoms with Crippen molar-refractivity contribution in [2.45, 2.75) is 13.8 Å². The lowest BCUT2D eigenvalue weighted by molar-refractivity contribution is 0.957. The average Bonchev–Trinajstić information content (AvgIpc) is 2.68. The highest BCUT2D eigenvalue weighted by atomic mass is 15.1. The van der Waals surface area contributed by atoms with Gasteiger partial charge < -0.3 is 4.57 Å². The highest BCUT2D eigenvalue weighted by Crippen LogP contribution is 2.26. The number of rotatable bonds is 1. The zero-order valence-electron chi connectivity index (χ0n) is 10.9. The first-order valence-corrected chi connectivity index (χ1v) is 6.16. The van der Waals surface area contributed by atoms with Crippen molar-refractivity contribution < 1.29 is 0 Å². The van der Waals surface area contributed by atoms with E-state index in [-0.39, 0.29) is 0 Å². The van der Waals surface area contributed by atoms with Crippen LogP contribution >= 0.6 is 0 Å². The van der Waals surface area contributed by atoms with Crippen LogP contribution in [-0.4, -0.2) is 9.55 Å². The molecule has 3 aromatic rings. The third-order valence-electron chi connectivity index (χ3n) is 3.41. The second-order valence-corrected chi connectivity index (χ2v) is 4.80. The van der Waals surface area contributed by atoms with E-state index >= 15 is 0 Å². The van der Waals surface area contributed by atoms with E-state index in [2.05, 4.69) is 61.9 Å². The molecule has 0 amide bonds. The van der Waals surface area contributed by atoms with Gasteiger partial charge >= 0.3 is 0 Å². The molecule has 2 heteroatoms. The molecule has 18 heavy (non-hydrogen) atoms. The number of hydrogen-bond donors (Lipinski definition) is 0. The summed E-state index contributed by atoms with van der Waals surface area (Å²) in [7, 11) is 2.07. The number of aryl methyl sites for hydroxylation is 3. The maximum Gasteiger partial charge on any atom is 0.141 e. The summed E-state index contributed by atoms with van der Waals surface area (Å²) in [6, 6.07) is 14.7. The van der Waals surface area contributed by atoms with Gasteiger partial charge in [0.25, 0.3) is 0 Å². The van der Waals surface area contributed by atoms with Gasteiger partial charge in [-0.15, -0.1) is 0 Å². The third kappa shape index (κ3) is 1.61. The predicted molar refractivity (Wildman–Crippen MR) is 75.6 cm³/mol. The van der Waals surface area contributed by atoms with Crippen LogP contribution in [0, 0.1) is 13.8 Å². The van der Waals surface area contributed by atoms with Crippen LogP contribution in [0.1, 0.15) is 11.1 Å². The molecule has 0 saturated heterocycles. The highest BCUT2D eigenvalue weighted by molar-refractivity contribution is 5.81. The first-order valence-electron chi connectivity index (χ1n) is 6.16. The van der Waals surface area contributed by atoms with Crippen LogP contribution in [0.4, 0.5) is 0 Å². The van der Waals surface area contributed by atoms with Crippen molar-refractivity contribution in [2.24, 2.45) is 7.05 Å². The minimum Gasteiger partial charge on any atom is -0.327 e. The number of imidazole rings is 1. The van der Waals surface area contributed by atoms with E-state index in [9.17, 15) is 0 Å². The topological polar surface area (TPSA) is 17.8 Å². The second-order valence-electron chi connectivity index (χ2n) is 4.80. The zero-order chi connectivity index (χ0) is 12.7. The lowest BCUT2D eigenvalue weighted by Crippen LogP contribution is -1.94. The zero-order valence-corrected chi connectivity index (χ0v) is 10.9. The molecule has 2 aromatic carbocycles. The number of aromatic nitrogens is 2. The summed E-state index contributed by atoms with van der Waals surface area (Å²) >= 11 is 0. The van der Waals surface area contributed by atoms with Gasteiger partial charge in [-0.05, 0) is 31.5 Å². The van der Waals surface area contributed by atoms with Crippen molar-refractivity contribution in [1.29, 1.82) is 0 Å². The molecule has 0 N–H and O–H groups in total. The number of nitrogens with zero attached hydrogens (tertiary/aromatic N) is 2. The molecule has 1 aromatic heterocycles. The normalized spacial score (nSPS) is 11.1. The van der Waals surface area contributed by atoms with Crippen LogP contribution in [0.5, 0.6) is 0 Å². The van der Waals surface area contributed by atoms with E-state index in [1.165, 1.54) is 22.2 Å². The molecule has 0 radical (unpaired) electrons. The van der Waals surface area contributed by atoms with Crippen molar-refractivity contribution in [1.82, 2.24) is 9.55 Å². The minimum absolute atomic E-state index is 1.04. The molecule has 0 aliphatic carbocycles. The van der Waals surface area contributed by atoms with Crippen LogP contribution < -0.4 is 0 Å². The van der Waals surface area contributed by atoms with Gasteiger partial charge in [0.1, 0.15) is 5.82 Å². The summed E-state index contributed by atoms with van der Waals surface area (Å²) in [6.07, 6.45) is 0. The summed E-state index contributed by atoms with van der Waals surface area (Å²) in [6.45, 7) is 4.26. The Morgan fingerprint density at radius 2 is 1.78 bits per heavy atom. The van der Waals surface area contributed by atoms with Gasteiger partial charge in [0.05, 0.1) is 11.0 Å². The SMILES string of the molecule is Cc1ccc(-c2nc3ccccc3n2C)c(C)c1. The van der Waals surface area contributed by atoms with E-state index in [0.29, 0.717) is 0 Å². The maximum atomic E-state index is 4.74. The molecule has 0 aliphatic rings. The van der Waals surface area contributed by atoms with E-state index in [1.54, 1.807) is 0 Å². The van der Waals surface area contributed by atoms with Crippen molar-refractivity contribution in [2.75, 3.05) is 0 Å². The van der Waals surface area contributed by atoms with E-state index in [4.69, 9.17) is 4.98 Å². The minimum atomic E-state index is 1.04. The molecule has 0 bridgehead atoms. The fourth-order valence-electron chi connectivity index (χ4n) is 2.45. The van der Waals surface area contributed by atoms with Crippen LogP contribution in [0.25, 0.3) is 22.4 Å². The molecular formula is C16H16N2. The van der Waals surface area contributed by atoms with Gasteiger partial charge in [-0.3, -0.25) is 0 Å². The average molecular weight is 236 g/mol. The molecule has 0 saturated carbocycles. The standard InChI is InChI=1S/C16H16N2/c1-11-8-9-13(12(2)10-11)16-17-14-6-4-5-7-15(14)18(16)3/h4-10H,1-3H3. The van der Waals surface area contributed by atoms with Crippen LogP contribution in [0.3, 0.4) is 0 Å². The molecule has 0 aliphatic heterocycles. The van der Waals surface area contributed by atoms with Gasteiger partial charge in [-0.25, -0.2) is 4.98 Å². The van der Waals surface area contributed by atoms with Crippen molar-refractivity contribution >= 4 is 11.0 Å². The van der Waals surface area contributed by atoms with Gasteiger partial charge in [0.2, 0.25) is 0 Å². The first-order chi connectivity index (χ1) is 8.66. The van der Waals surface area contributed by atoms with Crippen molar-refractivity contribution in [3.05, 3.63) is 53.6 Å². The number of benzene rings is 2. The highest BCUT2D eigenvalue weighted by Gasteiger charge is 2.11. The Morgan fingerprint density at radius 3 is 2.50 bits per heavy atom. The van der Waals surface area contributed by atoms with Crippen molar-refractivity contribution in [3.63, 3.8) is 0 Å². The van der Waals surface area contributed by atoms with Crippen LogP contribution in [-0.2, 0) is 7.05 Å². The van der Waals surface area contributed by atoms with Gasteiger partial charge in [-0.2, -0.15) is 0 Å². The lowest BCUT2D eigenvalue weighted by Gasteiger charge is -2.07. The molecule has 3 rings (SSSR count).